The average molecular weight is 366 g/mol. The highest BCUT2D eigenvalue weighted by atomic mass is 79.9. The van der Waals surface area contributed by atoms with Gasteiger partial charge < -0.3 is 16.8 Å². The first-order valence-electron chi connectivity index (χ1n) is 6.43. The molecule has 8 nitrogen and oxygen atoms in total. The number of carbonyl (C=O) groups is 1. The summed E-state index contributed by atoms with van der Waals surface area (Å²) in [6, 6.07) is 7.40. The van der Waals surface area contributed by atoms with Crippen molar-refractivity contribution in [2.45, 2.75) is 6.54 Å². The molecule has 9 heteroatoms. The highest BCUT2D eigenvalue weighted by molar-refractivity contribution is 9.10. The third-order valence-corrected chi connectivity index (χ3v) is 3.38. The van der Waals surface area contributed by atoms with Crippen LogP contribution in [-0.4, -0.2) is 39.4 Å². The van der Waals surface area contributed by atoms with Crippen molar-refractivity contribution >= 4 is 39.4 Å². The molecule has 5 N–H and O–H groups in total. The fourth-order valence-corrected chi connectivity index (χ4v) is 2.21. The van der Waals surface area contributed by atoms with Gasteiger partial charge in [-0.3, -0.25) is 9.69 Å². The predicted molar refractivity (Wildman–Crippen MR) is 87.8 cm³/mol. The summed E-state index contributed by atoms with van der Waals surface area (Å²) in [6.07, 6.45) is 0. The Labute approximate surface area is 136 Å². The molecule has 0 bridgehead atoms. The molecule has 0 saturated carbocycles. The van der Waals surface area contributed by atoms with Gasteiger partial charge in [0.2, 0.25) is 17.8 Å². The molecule has 1 heterocycles. The first-order chi connectivity index (χ1) is 10.4. The van der Waals surface area contributed by atoms with Gasteiger partial charge in [0.25, 0.3) is 0 Å². The monoisotopic (exact) mass is 365 g/mol. The van der Waals surface area contributed by atoms with Crippen LogP contribution in [0.5, 0.6) is 0 Å². The van der Waals surface area contributed by atoms with Gasteiger partial charge in [-0.1, -0.05) is 12.1 Å². The Kier molecular flexibility index (Phi) is 5.23. The van der Waals surface area contributed by atoms with E-state index in [9.17, 15) is 4.79 Å². The van der Waals surface area contributed by atoms with E-state index in [1.807, 2.05) is 24.3 Å². The summed E-state index contributed by atoms with van der Waals surface area (Å²) in [5, 5.41) is 2.82. The molecule has 0 unspecified atom stereocenters. The zero-order valence-corrected chi connectivity index (χ0v) is 13.5. The fourth-order valence-electron chi connectivity index (χ4n) is 1.82. The zero-order chi connectivity index (χ0) is 16.1. The van der Waals surface area contributed by atoms with E-state index in [0.29, 0.717) is 12.4 Å². The number of aromatic nitrogens is 3. The smallest absolute Gasteiger partial charge is 0.238 e. The third-order valence-electron chi connectivity index (χ3n) is 2.69. The summed E-state index contributed by atoms with van der Waals surface area (Å²) in [5.41, 5.74) is 11.7. The van der Waals surface area contributed by atoms with Crippen LogP contribution in [0.3, 0.4) is 0 Å². The lowest BCUT2D eigenvalue weighted by Crippen LogP contribution is -2.30. The average Bonchev–Trinajstić information content (AvgIpc) is 2.39. The Hall–Kier alpha value is -2.26. The molecule has 0 fully saturated rings. The Morgan fingerprint density at radius 1 is 1.23 bits per heavy atom. The summed E-state index contributed by atoms with van der Waals surface area (Å²) in [5.74, 6) is 0.396. The van der Waals surface area contributed by atoms with Crippen molar-refractivity contribution in [3.05, 3.63) is 34.6 Å². The summed E-state index contributed by atoms with van der Waals surface area (Å²) in [4.78, 5) is 25.4. The topological polar surface area (TPSA) is 123 Å². The van der Waals surface area contributed by atoms with Crippen LogP contribution in [0.15, 0.2) is 28.7 Å². The molecule has 1 aromatic heterocycles. The van der Waals surface area contributed by atoms with E-state index in [4.69, 9.17) is 11.5 Å². The van der Waals surface area contributed by atoms with Gasteiger partial charge in [0.1, 0.15) is 5.82 Å². The molecule has 0 aliphatic heterocycles. The maximum Gasteiger partial charge on any atom is 0.238 e. The molecule has 0 saturated heterocycles. The maximum atomic E-state index is 12.0. The molecule has 1 amide bonds. The standard InChI is InChI=1S/C13H16BrN7O/c1-21(6-10-18-12(15)20-13(16)19-10)7-11(22)17-9-5-3-2-4-8(9)14/h2-5H,6-7H2,1H3,(H,17,22)(H4,15,16,18,19,20). The molecule has 22 heavy (non-hydrogen) atoms. The predicted octanol–water partition coefficient (Wildman–Crippen LogP) is 0.869. The van der Waals surface area contributed by atoms with Gasteiger partial charge in [0.05, 0.1) is 18.8 Å². The van der Waals surface area contributed by atoms with E-state index in [-0.39, 0.29) is 24.3 Å². The Bertz CT molecular complexity index is 659. The number of nitrogens with one attached hydrogen (secondary N) is 1. The summed E-state index contributed by atoms with van der Waals surface area (Å²) < 4.78 is 0.823. The number of hydrogen-bond acceptors (Lipinski definition) is 7. The Morgan fingerprint density at radius 3 is 2.50 bits per heavy atom. The van der Waals surface area contributed by atoms with Gasteiger partial charge in [-0.05, 0) is 35.1 Å². The molecule has 0 spiro atoms. The second-order valence-corrected chi connectivity index (χ2v) is 5.52. The van der Waals surface area contributed by atoms with Crippen LogP contribution >= 0.6 is 15.9 Å². The Balaban J connectivity index is 1.92. The van der Waals surface area contributed by atoms with E-state index in [2.05, 4.69) is 36.2 Å². The summed E-state index contributed by atoms with van der Waals surface area (Å²) in [7, 11) is 1.77. The van der Waals surface area contributed by atoms with Crippen molar-refractivity contribution in [2.24, 2.45) is 0 Å². The largest absolute Gasteiger partial charge is 0.368 e. The van der Waals surface area contributed by atoms with Gasteiger partial charge in [-0.25, -0.2) is 0 Å². The molecule has 2 rings (SSSR count). The number of amides is 1. The van der Waals surface area contributed by atoms with Gasteiger partial charge >= 0.3 is 0 Å². The van der Waals surface area contributed by atoms with Crippen molar-refractivity contribution in [1.82, 2.24) is 19.9 Å². The Morgan fingerprint density at radius 2 is 1.86 bits per heavy atom. The minimum absolute atomic E-state index is 0.0635. The number of anilines is 3. The number of likely N-dealkylation sites (N-methyl/N-ethyl adjacent to an activating group) is 1. The minimum Gasteiger partial charge on any atom is -0.368 e. The second-order valence-electron chi connectivity index (χ2n) is 4.67. The van der Waals surface area contributed by atoms with Crippen molar-refractivity contribution < 1.29 is 4.79 Å². The van der Waals surface area contributed by atoms with E-state index < -0.39 is 0 Å². The molecule has 0 radical (unpaired) electrons. The highest BCUT2D eigenvalue weighted by Crippen LogP contribution is 2.20. The number of nitrogens with zero attached hydrogens (tertiary/aromatic N) is 4. The second kappa shape index (κ2) is 7.14. The lowest BCUT2D eigenvalue weighted by molar-refractivity contribution is -0.117. The molecule has 0 aliphatic carbocycles. The van der Waals surface area contributed by atoms with Crippen LogP contribution in [0.25, 0.3) is 0 Å². The van der Waals surface area contributed by atoms with Crippen LogP contribution in [0, 0.1) is 0 Å². The third kappa shape index (κ3) is 4.64. The van der Waals surface area contributed by atoms with Gasteiger partial charge in [0, 0.05) is 4.47 Å². The number of rotatable bonds is 5. The van der Waals surface area contributed by atoms with E-state index >= 15 is 0 Å². The first-order valence-corrected chi connectivity index (χ1v) is 7.22. The maximum absolute atomic E-state index is 12.0. The molecule has 0 aliphatic rings. The molecule has 2 aromatic rings. The molecule has 1 aromatic carbocycles. The number of halogens is 1. The first kappa shape index (κ1) is 16.1. The molecule has 116 valence electrons. The summed E-state index contributed by atoms with van der Waals surface area (Å²) in [6.45, 7) is 0.507. The van der Waals surface area contributed by atoms with E-state index in [1.54, 1.807) is 11.9 Å². The quantitative estimate of drug-likeness (QED) is 0.717. The molecular formula is C13H16BrN7O. The van der Waals surface area contributed by atoms with Crippen LogP contribution in [0.1, 0.15) is 5.82 Å². The van der Waals surface area contributed by atoms with Gasteiger partial charge in [-0.2, -0.15) is 15.0 Å². The molecule has 0 atom stereocenters. The van der Waals surface area contributed by atoms with Crippen molar-refractivity contribution in [3.63, 3.8) is 0 Å². The summed E-state index contributed by atoms with van der Waals surface area (Å²) >= 11 is 3.38. The van der Waals surface area contributed by atoms with Crippen molar-refractivity contribution in [2.75, 3.05) is 30.4 Å². The zero-order valence-electron chi connectivity index (χ0n) is 12.0. The number of nitrogen functional groups attached to an aromatic ring is 2. The normalized spacial score (nSPS) is 10.7. The minimum atomic E-state index is -0.149. The number of nitrogens with two attached hydrogens (primary N) is 2. The number of benzene rings is 1. The SMILES string of the molecule is CN(CC(=O)Nc1ccccc1Br)Cc1nc(N)nc(N)n1. The van der Waals surface area contributed by atoms with Crippen LogP contribution in [0.2, 0.25) is 0 Å². The number of hydrogen-bond donors (Lipinski definition) is 3. The lowest BCUT2D eigenvalue weighted by atomic mass is 10.3. The number of carbonyl (C=O) groups excluding carboxylic acids is 1. The lowest BCUT2D eigenvalue weighted by Gasteiger charge is -2.16. The van der Waals surface area contributed by atoms with Crippen molar-refractivity contribution in [1.29, 1.82) is 0 Å². The van der Waals surface area contributed by atoms with E-state index in [0.717, 1.165) is 10.2 Å². The van der Waals surface area contributed by atoms with Crippen LogP contribution < -0.4 is 16.8 Å². The number of para-hydroxylation sites is 1. The molecular weight excluding hydrogens is 350 g/mol. The van der Waals surface area contributed by atoms with Crippen LogP contribution in [-0.2, 0) is 11.3 Å². The van der Waals surface area contributed by atoms with Gasteiger partial charge in [-0.15, -0.1) is 0 Å². The van der Waals surface area contributed by atoms with Gasteiger partial charge in [0.15, 0.2) is 0 Å². The van der Waals surface area contributed by atoms with E-state index in [1.165, 1.54) is 0 Å². The van der Waals surface area contributed by atoms with Crippen LogP contribution in [0.4, 0.5) is 17.6 Å². The fraction of sp³-hybridized carbons (Fsp3) is 0.231. The highest BCUT2D eigenvalue weighted by Gasteiger charge is 2.11. The van der Waals surface area contributed by atoms with Crippen molar-refractivity contribution in [3.8, 4) is 0 Å².